The van der Waals surface area contributed by atoms with Gasteiger partial charge in [-0.25, -0.2) is 9.37 Å². The van der Waals surface area contributed by atoms with Gasteiger partial charge < -0.3 is 4.57 Å². The molecule has 0 bridgehead atoms. The van der Waals surface area contributed by atoms with Gasteiger partial charge in [0.05, 0.1) is 11.0 Å². The van der Waals surface area contributed by atoms with E-state index in [0.717, 1.165) is 0 Å². The van der Waals surface area contributed by atoms with Crippen molar-refractivity contribution in [2.24, 2.45) is 7.05 Å². The van der Waals surface area contributed by atoms with Gasteiger partial charge in [0.25, 0.3) is 0 Å². The molecule has 1 aromatic carbocycles. The number of carbonyl (C=O) groups is 1. The molecule has 2 aromatic rings. The van der Waals surface area contributed by atoms with Crippen molar-refractivity contribution in [2.45, 2.75) is 6.92 Å². The van der Waals surface area contributed by atoms with Gasteiger partial charge in [0.2, 0.25) is 0 Å². The number of aryl methyl sites for hydroxylation is 1. The van der Waals surface area contributed by atoms with Crippen molar-refractivity contribution in [3.05, 3.63) is 29.8 Å². The molecule has 0 aliphatic heterocycles. The monoisotopic (exact) mass is 192 g/mol. The maximum atomic E-state index is 12.9. The van der Waals surface area contributed by atoms with Crippen LogP contribution < -0.4 is 0 Å². The van der Waals surface area contributed by atoms with E-state index in [-0.39, 0.29) is 11.6 Å². The summed E-state index contributed by atoms with van der Waals surface area (Å²) in [5, 5.41) is 0. The molecule has 0 spiro atoms. The zero-order valence-electron chi connectivity index (χ0n) is 7.91. The van der Waals surface area contributed by atoms with E-state index in [1.54, 1.807) is 17.7 Å². The summed E-state index contributed by atoms with van der Waals surface area (Å²) in [6.07, 6.45) is 0. The first kappa shape index (κ1) is 8.87. The van der Waals surface area contributed by atoms with Crippen LogP contribution >= 0.6 is 0 Å². The fourth-order valence-corrected chi connectivity index (χ4v) is 1.48. The molecule has 14 heavy (non-hydrogen) atoms. The predicted octanol–water partition coefficient (Wildman–Crippen LogP) is 1.91. The minimum Gasteiger partial charge on any atom is -0.325 e. The van der Waals surface area contributed by atoms with Crippen molar-refractivity contribution < 1.29 is 9.18 Å². The zero-order chi connectivity index (χ0) is 10.3. The lowest BCUT2D eigenvalue weighted by Gasteiger charge is -1.96. The Morgan fingerprint density at radius 3 is 2.86 bits per heavy atom. The Hall–Kier alpha value is -1.71. The molecule has 1 aromatic heterocycles. The molecule has 0 amide bonds. The lowest BCUT2D eigenvalue weighted by Crippen LogP contribution is -2.02. The highest BCUT2D eigenvalue weighted by molar-refractivity contribution is 5.94. The van der Waals surface area contributed by atoms with Crippen LogP contribution in [-0.4, -0.2) is 15.3 Å². The van der Waals surface area contributed by atoms with Crippen molar-refractivity contribution in [1.29, 1.82) is 0 Å². The summed E-state index contributed by atoms with van der Waals surface area (Å²) in [6.45, 7) is 1.44. The van der Waals surface area contributed by atoms with E-state index in [1.807, 2.05) is 0 Å². The van der Waals surface area contributed by atoms with Crippen LogP contribution in [0.4, 0.5) is 4.39 Å². The van der Waals surface area contributed by atoms with Gasteiger partial charge in [0.15, 0.2) is 11.6 Å². The van der Waals surface area contributed by atoms with Crippen LogP contribution in [0.15, 0.2) is 18.2 Å². The van der Waals surface area contributed by atoms with E-state index in [0.29, 0.717) is 16.9 Å². The molecule has 0 saturated carbocycles. The number of Topliss-reactive ketones (excluding diaryl/α,β-unsaturated/α-hetero) is 1. The number of benzene rings is 1. The van der Waals surface area contributed by atoms with Gasteiger partial charge in [0, 0.05) is 14.0 Å². The quantitative estimate of drug-likeness (QED) is 0.647. The van der Waals surface area contributed by atoms with Gasteiger partial charge in [-0.2, -0.15) is 0 Å². The first-order chi connectivity index (χ1) is 6.59. The highest BCUT2D eigenvalue weighted by atomic mass is 19.1. The minimum absolute atomic E-state index is 0.121. The number of ketones is 1. The van der Waals surface area contributed by atoms with Crippen molar-refractivity contribution in [1.82, 2.24) is 9.55 Å². The third kappa shape index (κ3) is 1.19. The van der Waals surface area contributed by atoms with E-state index in [2.05, 4.69) is 4.98 Å². The third-order valence-corrected chi connectivity index (χ3v) is 2.16. The Morgan fingerprint density at radius 1 is 1.50 bits per heavy atom. The zero-order valence-corrected chi connectivity index (χ0v) is 7.91. The topological polar surface area (TPSA) is 34.9 Å². The summed E-state index contributed by atoms with van der Waals surface area (Å²) in [5.41, 5.74) is 1.27. The molecule has 3 nitrogen and oxygen atoms in total. The Morgan fingerprint density at radius 2 is 2.21 bits per heavy atom. The van der Waals surface area contributed by atoms with Crippen LogP contribution in [0, 0.1) is 5.82 Å². The number of rotatable bonds is 1. The lowest BCUT2D eigenvalue weighted by atomic mass is 10.3. The maximum Gasteiger partial charge on any atom is 0.195 e. The number of aromatic nitrogens is 2. The lowest BCUT2D eigenvalue weighted by molar-refractivity contribution is 0.100. The number of carbonyl (C=O) groups excluding carboxylic acids is 1. The molecule has 0 fully saturated rings. The Bertz CT molecular complexity index is 516. The molecule has 72 valence electrons. The number of nitrogens with zero attached hydrogens (tertiary/aromatic N) is 2. The number of hydrogen-bond donors (Lipinski definition) is 0. The molecule has 2 rings (SSSR count). The molecular formula is C10H9FN2O. The van der Waals surface area contributed by atoms with Gasteiger partial charge in [-0.05, 0) is 18.2 Å². The van der Waals surface area contributed by atoms with Crippen molar-refractivity contribution in [3.63, 3.8) is 0 Å². The first-order valence-electron chi connectivity index (χ1n) is 4.22. The van der Waals surface area contributed by atoms with Crippen molar-refractivity contribution in [2.75, 3.05) is 0 Å². The third-order valence-electron chi connectivity index (χ3n) is 2.16. The van der Waals surface area contributed by atoms with Gasteiger partial charge in [-0.3, -0.25) is 4.79 Å². The van der Waals surface area contributed by atoms with E-state index in [9.17, 15) is 9.18 Å². The summed E-state index contributed by atoms with van der Waals surface area (Å²) < 4.78 is 14.5. The Balaban J connectivity index is 2.80. The SMILES string of the molecule is CC(=O)c1nc2ccc(F)cc2n1C. The first-order valence-corrected chi connectivity index (χ1v) is 4.22. The molecule has 0 aliphatic rings. The number of fused-ring (bicyclic) bond motifs is 1. The van der Waals surface area contributed by atoms with Crippen molar-refractivity contribution >= 4 is 16.8 Å². The highest BCUT2D eigenvalue weighted by Gasteiger charge is 2.11. The average Bonchev–Trinajstić information content (AvgIpc) is 2.44. The molecule has 4 heteroatoms. The molecule has 0 atom stereocenters. The molecule has 0 unspecified atom stereocenters. The second-order valence-electron chi connectivity index (χ2n) is 3.18. The highest BCUT2D eigenvalue weighted by Crippen LogP contribution is 2.16. The van der Waals surface area contributed by atoms with Crippen LogP contribution in [0.3, 0.4) is 0 Å². The summed E-state index contributed by atoms with van der Waals surface area (Å²) in [7, 11) is 1.70. The second-order valence-corrected chi connectivity index (χ2v) is 3.18. The van der Waals surface area contributed by atoms with Gasteiger partial charge in [0.1, 0.15) is 5.82 Å². The van der Waals surface area contributed by atoms with Gasteiger partial charge in [-0.15, -0.1) is 0 Å². The molecule has 0 radical (unpaired) electrons. The molecule has 0 saturated heterocycles. The second kappa shape index (κ2) is 2.90. The Kier molecular flexibility index (Phi) is 1.84. The normalized spacial score (nSPS) is 10.8. The average molecular weight is 192 g/mol. The minimum atomic E-state index is -0.324. The van der Waals surface area contributed by atoms with Crippen LogP contribution in [0.1, 0.15) is 17.5 Å². The Labute approximate surface area is 80.2 Å². The molecular weight excluding hydrogens is 183 g/mol. The van der Waals surface area contributed by atoms with E-state index in [1.165, 1.54) is 19.1 Å². The smallest absolute Gasteiger partial charge is 0.195 e. The van der Waals surface area contributed by atoms with Crippen LogP contribution in [0.2, 0.25) is 0 Å². The largest absolute Gasteiger partial charge is 0.325 e. The van der Waals surface area contributed by atoms with Crippen LogP contribution in [0.5, 0.6) is 0 Å². The number of hydrogen-bond acceptors (Lipinski definition) is 2. The summed E-state index contributed by atoms with van der Waals surface area (Å²) >= 11 is 0. The molecule has 1 heterocycles. The number of halogens is 1. The standard InChI is InChI=1S/C10H9FN2O/c1-6(14)10-12-8-4-3-7(11)5-9(8)13(10)2/h3-5H,1-2H3. The van der Waals surface area contributed by atoms with E-state index in [4.69, 9.17) is 0 Å². The molecule has 0 N–H and O–H groups in total. The predicted molar refractivity (Wildman–Crippen MR) is 50.7 cm³/mol. The fourth-order valence-electron chi connectivity index (χ4n) is 1.48. The summed E-state index contributed by atoms with van der Waals surface area (Å²) in [5.74, 6) is -0.0923. The van der Waals surface area contributed by atoms with Crippen LogP contribution in [-0.2, 0) is 7.05 Å². The maximum absolute atomic E-state index is 12.9. The summed E-state index contributed by atoms with van der Waals surface area (Å²) in [6, 6.07) is 4.27. The summed E-state index contributed by atoms with van der Waals surface area (Å²) in [4.78, 5) is 15.2. The van der Waals surface area contributed by atoms with Crippen molar-refractivity contribution in [3.8, 4) is 0 Å². The molecule has 0 aliphatic carbocycles. The van der Waals surface area contributed by atoms with Gasteiger partial charge >= 0.3 is 0 Å². The van der Waals surface area contributed by atoms with Crippen LogP contribution in [0.25, 0.3) is 11.0 Å². The van der Waals surface area contributed by atoms with E-state index < -0.39 is 0 Å². The fraction of sp³-hybridized carbons (Fsp3) is 0.200. The van der Waals surface area contributed by atoms with Gasteiger partial charge in [-0.1, -0.05) is 0 Å². The van der Waals surface area contributed by atoms with E-state index >= 15 is 0 Å². The number of imidazole rings is 1.